The number of hydrogen-bond donors (Lipinski definition) is 2. The molecular weight excluding hydrogens is 422 g/mol. The van der Waals surface area contributed by atoms with Crippen LogP contribution in [0.4, 0.5) is 0 Å². The first-order valence-electron chi connectivity index (χ1n) is 11.4. The van der Waals surface area contributed by atoms with Crippen molar-refractivity contribution in [1.29, 1.82) is 0 Å². The number of nitrogens with one attached hydrogen (secondary N) is 2. The highest BCUT2D eigenvalue weighted by molar-refractivity contribution is 7.09. The van der Waals surface area contributed by atoms with Crippen LogP contribution >= 0.6 is 11.3 Å². The van der Waals surface area contributed by atoms with Gasteiger partial charge in [-0.2, -0.15) is 0 Å². The Morgan fingerprint density at radius 1 is 1.06 bits per heavy atom. The number of amides is 3. The third kappa shape index (κ3) is 5.97. The summed E-state index contributed by atoms with van der Waals surface area (Å²) in [6.07, 6.45) is 5.90. The zero-order valence-corrected chi connectivity index (χ0v) is 19.7. The van der Waals surface area contributed by atoms with E-state index < -0.39 is 5.54 Å². The van der Waals surface area contributed by atoms with Gasteiger partial charge in [0.05, 0.1) is 13.1 Å². The zero-order valence-electron chi connectivity index (χ0n) is 18.9. The Hall–Kier alpha value is -2.67. The van der Waals surface area contributed by atoms with Crippen LogP contribution in [0.5, 0.6) is 0 Å². The van der Waals surface area contributed by atoms with Crippen molar-refractivity contribution in [2.24, 2.45) is 0 Å². The largest absolute Gasteiger partial charge is 0.351 e. The summed E-state index contributed by atoms with van der Waals surface area (Å²) in [5.74, 6) is -0.697. The van der Waals surface area contributed by atoms with Gasteiger partial charge in [0, 0.05) is 16.5 Å². The van der Waals surface area contributed by atoms with Crippen LogP contribution in [-0.4, -0.2) is 40.7 Å². The molecular formula is C25H33N3O3S. The molecule has 172 valence electrons. The SMILES string of the molecule is CCC(C)(C(=O)NC1CCCCC1)N(Cc1cccs1)C(=O)CNC(=O)c1ccccc1. The first-order chi connectivity index (χ1) is 15.4. The average Bonchev–Trinajstić information content (AvgIpc) is 3.35. The third-order valence-electron chi connectivity index (χ3n) is 6.34. The van der Waals surface area contributed by atoms with Crippen LogP contribution in [0, 0.1) is 0 Å². The second-order valence-electron chi connectivity index (χ2n) is 8.54. The van der Waals surface area contributed by atoms with E-state index in [0.29, 0.717) is 18.5 Å². The van der Waals surface area contributed by atoms with Gasteiger partial charge in [-0.25, -0.2) is 0 Å². The van der Waals surface area contributed by atoms with E-state index in [-0.39, 0.29) is 30.3 Å². The van der Waals surface area contributed by atoms with Gasteiger partial charge in [-0.05, 0) is 49.8 Å². The van der Waals surface area contributed by atoms with E-state index >= 15 is 0 Å². The number of nitrogens with zero attached hydrogens (tertiary/aromatic N) is 1. The summed E-state index contributed by atoms with van der Waals surface area (Å²) in [6, 6.07) is 12.9. The van der Waals surface area contributed by atoms with E-state index in [9.17, 15) is 14.4 Å². The summed E-state index contributed by atoms with van der Waals surface area (Å²) in [5, 5.41) is 7.88. The predicted octanol–water partition coefficient (Wildman–Crippen LogP) is 4.12. The lowest BCUT2D eigenvalue weighted by atomic mass is 9.91. The highest BCUT2D eigenvalue weighted by Gasteiger charge is 2.41. The summed E-state index contributed by atoms with van der Waals surface area (Å²) in [6.45, 7) is 3.93. The molecule has 1 fully saturated rings. The number of rotatable bonds is 9. The highest BCUT2D eigenvalue weighted by Crippen LogP contribution is 2.26. The molecule has 32 heavy (non-hydrogen) atoms. The number of benzene rings is 1. The standard InChI is InChI=1S/C25H33N3O3S/c1-3-25(2,24(31)27-20-13-8-5-9-14-20)28(18-21-15-10-16-32-21)22(29)17-26-23(30)19-11-6-4-7-12-19/h4,6-7,10-12,15-16,20H,3,5,8-9,13-14,17-18H2,1-2H3,(H,26,30)(H,27,31). The second-order valence-corrected chi connectivity index (χ2v) is 9.58. The minimum absolute atomic E-state index is 0.119. The molecule has 1 atom stereocenters. The van der Waals surface area contributed by atoms with Gasteiger partial charge in [0.1, 0.15) is 5.54 Å². The summed E-state index contributed by atoms with van der Waals surface area (Å²) in [7, 11) is 0. The Bertz CT molecular complexity index is 894. The molecule has 7 heteroatoms. The molecule has 0 spiro atoms. The van der Waals surface area contributed by atoms with Gasteiger partial charge in [-0.3, -0.25) is 14.4 Å². The highest BCUT2D eigenvalue weighted by atomic mass is 32.1. The van der Waals surface area contributed by atoms with E-state index in [4.69, 9.17) is 0 Å². The minimum Gasteiger partial charge on any atom is -0.351 e. The lowest BCUT2D eigenvalue weighted by molar-refractivity contribution is -0.148. The van der Waals surface area contributed by atoms with Crippen LogP contribution < -0.4 is 10.6 Å². The lowest BCUT2D eigenvalue weighted by Crippen LogP contribution is -2.61. The number of thiophene rings is 1. The molecule has 1 aliphatic carbocycles. The van der Waals surface area contributed by atoms with Crippen molar-refractivity contribution in [2.45, 2.75) is 70.5 Å². The Kier molecular flexibility index (Phi) is 8.45. The summed E-state index contributed by atoms with van der Waals surface area (Å²) >= 11 is 1.55. The molecule has 0 aliphatic heterocycles. The molecule has 0 saturated heterocycles. The van der Waals surface area contributed by atoms with Gasteiger partial charge >= 0.3 is 0 Å². The molecule has 6 nitrogen and oxygen atoms in total. The number of carbonyl (C=O) groups is 3. The van der Waals surface area contributed by atoms with Crippen molar-refractivity contribution < 1.29 is 14.4 Å². The van der Waals surface area contributed by atoms with Crippen LogP contribution in [0.25, 0.3) is 0 Å². The van der Waals surface area contributed by atoms with Crippen molar-refractivity contribution in [2.75, 3.05) is 6.54 Å². The van der Waals surface area contributed by atoms with Gasteiger partial charge in [0.2, 0.25) is 11.8 Å². The van der Waals surface area contributed by atoms with Gasteiger partial charge in [0.15, 0.2) is 0 Å². The van der Waals surface area contributed by atoms with Crippen molar-refractivity contribution in [3.63, 3.8) is 0 Å². The molecule has 1 aliphatic rings. The quantitative estimate of drug-likeness (QED) is 0.597. The van der Waals surface area contributed by atoms with Crippen molar-refractivity contribution in [3.05, 3.63) is 58.3 Å². The van der Waals surface area contributed by atoms with Gasteiger partial charge in [-0.1, -0.05) is 50.5 Å². The first kappa shape index (κ1) is 24.0. The van der Waals surface area contributed by atoms with Crippen LogP contribution in [0.3, 0.4) is 0 Å². The van der Waals surface area contributed by atoms with E-state index in [0.717, 1.165) is 30.6 Å². The summed E-state index contributed by atoms with van der Waals surface area (Å²) in [5.41, 5.74) is -0.505. The topological polar surface area (TPSA) is 78.5 Å². The molecule has 2 aromatic rings. The molecule has 2 N–H and O–H groups in total. The second kappa shape index (κ2) is 11.3. The normalized spacial score (nSPS) is 16.1. The maximum atomic E-state index is 13.4. The molecule has 1 heterocycles. The smallest absolute Gasteiger partial charge is 0.251 e. The van der Waals surface area contributed by atoms with Crippen molar-refractivity contribution in [1.82, 2.24) is 15.5 Å². The van der Waals surface area contributed by atoms with Crippen LogP contribution in [0.2, 0.25) is 0 Å². The van der Waals surface area contributed by atoms with Gasteiger partial charge < -0.3 is 15.5 Å². The Morgan fingerprint density at radius 2 is 1.78 bits per heavy atom. The third-order valence-corrected chi connectivity index (χ3v) is 7.21. The summed E-state index contributed by atoms with van der Waals surface area (Å²) < 4.78 is 0. The maximum absolute atomic E-state index is 13.4. The fraction of sp³-hybridized carbons (Fsp3) is 0.480. The van der Waals surface area contributed by atoms with E-state index in [2.05, 4.69) is 10.6 Å². The zero-order chi connectivity index (χ0) is 23.0. The molecule has 0 radical (unpaired) electrons. The lowest BCUT2D eigenvalue weighted by Gasteiger charge is -2.40. The fourth-order valence-corrected chi connectivity index (χ4v) is 4.79. The van der Waals surface area contributed by atoms with Crippen molar-refractivity contribution >= 4 is 29.1 Å². The van der Waals surface area contributed by atoms with E-state index in [1.165, 1.54) is 6.42 Å². The Morgan fingerprint density at radius 3 is 2.41 bits per heavy atom. The van der Waals surface area contributed by atoms with Crippen LogP contribution in [0.15, 0.2) is 47.8 Å². The first-order valence-corrected chi connectivity index (χ1v) is 12.3. The van der Waals surface area contributed by atoms with Gasteiger partial charge in [-0.15, -0.1) is 11.3 Å². The van der Waals surface area contributed by atoms with E-state index in [1.54, 1.807) is 40.5 Å². The fourth-order valence-electron chi connectivity index (χ4n) is 4.10. The molecule has 0 bridgehead atoms. The van der Waals surface area contributed by atoms with Crippen LogP contribution in [0.1, 0.15) is 67.6 Å². The maximum Gasteiger partial charge on any atom is 0.251 e. The molecule has 1 aromatic heterocycles. The molecule has 1 unspecified atom stereocenters. The van der Waals surface area contributed by atoms with Crippen molar-refractivity contribution in [3.8, 4) is 0 Å². The number of carbonyl (C=O) groups excluding carboxylic acids is 3. The predicted molar refractivity (Wildman–Crippen MR) is 127 cm³/mol. The molecule has 3 amide bonds. The van der Waals surface area contributed by atoms with Crippen LogP contribution in [-0.2, 0) is 16.1 Å². The average molecular weight is 456 g/mol. The number of hydrogen-bond acceptors (Lipinski definition) is 4. The minimum atomic E-state index is -1.00. The van der Waals surface area contributed by atoms with E-state index in [1.807, 2.05) is 37.4 Å². The molecule has 1 aromatic carbocycles. The monoisotopic (exact) mass is 455 g/mol. The Balaban J connectivity index is 1.75. The molecule has 1 saturated carbocycles. The van der Waals surface area contributed by atoms with Gasteiger partial charge in [0.25, 0.3) is 5.91 Å². The summed E-state index contributed by atoms with van der Waals surface area (Å²) in [4.78, 5) is 41.8. The molecule has 3 rings (SSSR count). The Labute approximate surface area is 194 Å².